The van der Waals surface area contributed by atoms with Crippen molar-refractivity contribution >= 4 is 39.3 Å². The average Bonchev–Trinajstić information content (AvgIpc) is 2.78. The molecule has 1 heterocycles. The number of aryl methyl sites for hydroxylation is 1. The van der Waals surface area contributed by atoms with Gasteiger partial charge in [0.1, 0.15) is 6.33 Å². The minimum atomic E-state index is -0.338. The largest absolute Gasteiger partial charge is 0.336 e. The number of nitrogen functional groups attached to an aromatic ring is 1. The summed E-state index contributed by atoms with van der Waals surface area (Å²) in [5.74, 6) is 5.49. The molecule has 0 aliphatic rings. The van der Waals surface area contributed by atoms with Gasteiger partial charge in [-0.05, 0) is 47.5 Å². The molecule has 106 valence electrons. The molecule has 0 saturated heterocycles. The van der Waals surface area contributed by atoms with Crippen LogP contribution in [0.5, 0.6) is 0 Å². The maximum atomic E-state index is 12.1. The maximum absolute atomic E-state index is 12.1. The molecular weight excluding hydrogens is 342 g/mol. The number of aromatic nitrogens is 3. The van der Waals surface area contributed by atoms with Crippen LogP contribution in [0, 0.1) is 6.92 Å². The fourth-order valence-electron chi connectivity index (χ4n) is 1.48. The Morgan fingerprint density at radius 1 is 1.55 bits per heavy atom. The van der Waals surface area contributed by atoms with Gasteiger partial charge in [-0.25, -0.2) is 4.68 Å². The van der Waals surface area contributed by atoms with Crippen molar-refractivity contribution in [3.63, 3.8) is 0 Å². The summed E-state index contributed by atoms with van der Waals surface area (Å²) in [6.07, 6.45) is 1.39. The van der Waals surface area contributed by atoms with E-state index in [0.717, 1.165) is 15.7 Å². The molecule has 0 aliphatic heterocycles. The number of hydrogen-bond donors (Lipinski definition) is 2. The van der Waals surface area contributed by atoms with Crippen LogP contribution in [-0.4, -0.2) is 26.0 Å². The molecule has 0 unspecified atom stereocenters. The van der Waals surface area contributed by atoms with Gasteiger partial charge in [0.15, 0.2) is 0 Å². The lowest BCUT2D eigenvalue weighted by Gasteiger charge is -2.12. The molecule has 1 amide bonds. The standard InChI is InChI=1S/C12H14BrN5OS/c1-7-3-4-10(9(13)5-7)16-11(19)8(2)20-12-17-15-6-18(12)14/h3-6,8H,14H2,1-2H3,(H,16,19)/t8-/m1/s1. The van der Waals surface area contributed by atoms with Crippen LogP contribution >= 0.6 is 27.7 Å². The van der Waals surface area contributed by atoms with Crippen LogP contribution in [0.25, 0.3) is 0 Å². The van der Waals surface area contributed by atoms with E-state index >= 15 is 0 Å². The third-order valence-corrected chi connectivity index (χ3v) is 4.30. The van der Waals surface area contributed by atoms with Crippen LogP contribution in [0.3, 0.4) is 0 Å². The van der Waals surface area contributed by atoms with Crippen molar-refractivity contribution in [2.45, 2.75) is 24.3 Å². The summed E-state index contributed by atoms with van der Waals surface area (Å²) in [5.41, 5.74) is 1.86. The molecular formula is C12H14BrN5OS. The summed E-state index contributed by atoms with van der Waals surface area (Å²) in [6.45, 7) is 3.78. The van der Waals surface area contributed by atoms with Crippen LogP contribution in [0.1, 0.15) is 12.5 Å². The highest BCUT2D eigenvalue weighted by molar-refractivity contribution is 9.10. The summed E-state index contributed by atoms with van der Waals surface area (Å²) in [4.78, 5) is 12.1. The van der Waals surface area contributed by atoms with Crippen LogP contribution in [-0.2, 0) is 4.79 Å². The Balaban J connectivity index is 2.02. The highest BCUT2D eigenvalue weighted by atomic mass is 79.9. The van der Waals surface area contributed by atoms with Crippen molar-refractivity contribution in [3.8, 4) is 0 Å². The molecule has 20 heavy (non-hydrogen) atoms. The topological polar surface area (TPSA) is 85.8 Å². The highest BCUT2D eigenvalue weighted by Gasteiger charge is 2.18. The van der Waals surface area contributed by atoms with E-state index in [9.17, 15) is 4.79 Å². The molecule has 0 spiro atoms. The Hall–Kier alpha value is -1.54. The number of carbonyl (C=O) groups excluding carboxylic acids is 1. The Morgan fingerprint density at radius 2 is 2.30 bits per heavy atom. The van der Waals surface area contributed by atoms with E-state index in [1.807, 2.05) is 25.1 Å². The molecule has 2 rings (SSSR count). The number of anilines is 1. The van der Waals surface area contributed by atoms with Crippen LogP contribution in [0.15, 0.2) is 34.2 Å². The molecule has 0 aliphatic carbocycles. The fourth-order valence-corrected chi connectivity index (χ4v) is 2.82. The van der Waals surface area contributed by atoms with Crippen LogP contribution in [0.4, 0.5) is 5.69 Å². The molecule has 0 saturated carbocycles. The fraction of sp³-hybridized carbons (Fsp3) is 0.250. The predicted molar refractivity (Wildman–Crippen MR) is 83.0 cm³/mol. The third kappa shape index (κ3) is 3.51. The minimum Gasteiger partial charge on any atom is -0.336 e. The average molecular weight is 356 g/mol. The zero-order valence-electron chi connectivity index (χ0n) is 11.0. The van der Waals surface area contributed by atoms with Crippen LogP contribution < -0.4 is 11.2 Å². The van der Waals surface area contributed by atoms with Crippen molar-refractivity contribution in [1.29, 1.82) is 0 Å². The first-order chi connectivity index (χ1) is 9.47. The van der Waals surface area contributed by atoms with E-state index in [-0.39, 0.29) is 11.2 Å². The van der Waals surface area contributed by atoms with Crippen LogP contribution in [0.2, 0.25) is 0 Å². The molecule has 0 bridgehead atoms. The van der Waals surface area contributed by atoms with E-state index in [0.29, 0.717) is 5.16 Å². The van der Waals surface area contributed by atoms with Crippen molar-refractivity contribution in [1.82, 2.24) is 14.9 Å². The van der Waals surface area contributed by atoms with Gasteiger partial charge in [-0.3, -0.25) is 4.79 Å². The smallest absolute Gasteiger partial charge is 0.237 e. The highest BCUT2D eigenvalue weighted by Crippen LogP contribution is 2.25. The lowest BCUT2D eigenvalue weighted by Crippen LogP contribution is -2.23. The Bertz CT molecular complexity index is 630. The van der Waals surface area contributed by atoms with E-state index < -0.39 is 0 Å². The number of nitrogens with zero attached hydrogens (tertiary/aromatic N) is 3. The summed E-state index contributed by atoms with van der Waals surface area (Å²) >= 11 is 4.68. The van der Waals surface area contributed by atoms with Crippen molar-refractivity contribution in [2.24, 2.45) is 0 Å². The van der Waals surface area contributed by atoms with E-state index in [4.69, 9.17) is 5.84 Å². The van der Waals surface area contributed by atoms with E-state index in [2.05, 4.69) is 31.4 Å². The van der Waals surface area contributed by atoms with E-state index in [1.54, 1.807) is 6.92 Å². The lowest BCUT2D eigenvalue weighted by atomic mass is 10.2. The Kier molecular flexibility index (Phi) is 4.66. The Morgan fingerprint density at radius 3 is 2.90 bits per heavy atom. The number of nitrogens with two attached hydrogens (primary N) is 1. The molecule has 1 aromatic heterocycles. The van der Waals surface area contributed by atoms with Gasteiger partial charge in [0.2, 0.25) is 11.1 Å². The summed E-state index contributed by atoms with van der Waals surface area (Å²) < 4.78 is 2.14. The number of thioether (sulfide) groups is 1. The quantitative estimate of drug-likeness (QED) is 0.648. The third-order valence-electron chi connectivity index (χ3n) is 2.57. The number of rotatable bonds is 4. The summed E-state index contributed by atoms with van der Waals surface area (Å²) in [7, 11) is 0. The second-order valence-electron chi connectivity index (χ2n) is 4.25. The van der Waals surface area contributed by atoms with Crippen molar-refractivity contribution in [2.75, 3.05) is 11.2 Å². The molecule has 8 heteroatoms. The summed E-state index contributed by atoms with van der Waals surface area (Å²) in [6, 6.07) is 5.75. The van der Waals surface area contributed by atoms with Gasteiger partial charge >= 0.3 is 0 Å². The first-order valence-corrected chi connectivity index (χ1v) is 7.53. The number of benzene rings is 1. The number of hydrogen-bond acceptors (Lipinski definition) is 5. The van der Waals surface area contributed by atoms with Gasteiger partial charge in [0, 0.05) is 4.47 Å². The second kappa shape index (κ2) is 6.27. The van der Waals surface area contributed by atoms with E-state index in [1.165, 1.54) is 22.8 Å². The molecule has 6 nitrogen and oxygen atoms in total. The van der Waals surface area contributed by atoms with Gasteiger partial charge in [0.25, 0.3) is 0 Å². The van der Waals surface area contributed by atoms with Gasteiger partial charge in [-0.1, -0.05) is 17.8 Å². The predicted octanol–water partition coefficient (Wildman–Crippen LogP) is 2.18. The normalized spacial score (nSPS) is 12.2. The maximum Gasteiger partial charge on any atom is 0.237 e. The number of halogens is 1. The monoisotopic (exact) mass is 355 g/mol. The number of nitrogens with one attached hydrogen (secondary N) is 1. The Labute approximate surface area is 129 Å². The molecule has 3 N–H and O–H groups in total. The zero-order valence-corrected chi connectivity index (χ0v) is 13.4. The lowest BCUT2D eigenvalue weighted by molar-refractivity contribution is -0.115. The van der Waals surface area contributed by atoms with Gasteiger partial charge in [0.05, 0.1) is 10.9 Å². The number of amides is 1. The molecule has 2 aromatic rings. The molecule has 1 aromatic carbocycles. The van der Waals surface area contributed by atoms with Gasteiger partial charge in [-0.15, -0.1) is 10.2 Å². The minimum absolute atomic E-state index is 0.123. The summed E-state index contributed by atoms with van der Waals surface area (Å²) in [5, 5.41) is 10.5. The number of carbonyl (C=O) groups is 1. The van der Waals surface area contributed by atoms with Crippen molar-refractivity contribution < 1.29 is 4.79 Å². The first-order valence-electron chi connectivity index (χ1n) is 5.86. The molecule has 0 fully saturated rings. The SMILES string of the molecule is Cc1ccc(NC(=O)[C@@H](C)Sc2nncn2N)c(Br)c1. The molecule has 0 radical (unpaired) electrons. The van der Waals surface area contributed by atoms with Crippen molar-refractivity contribution in [3.05, 3.63) is 34.6 Å². The molecule has 1 atom stereocenters. The van der Waals surface area contributed by atoms with Gasteiger partial charge < -0.3 is 11.2 Å². The second-order valence-corrected chi connectivity index (χ2v) is 6.42. The van der Waals surface area contributed by atoms with Gasteiger partial charge in [-0.2, -0.15) is 0 Å². The first kappa shape index (κ1) is 14.9. The zero-order chi connectivity index (χ0) is 14.7.